The highest BCUT2D eigenvalue weighted by Crippen LogP contribution is 2.43. The molecule has 3 aliphatic rings. The number of likely N-dealkylation sites (tertiary alicyclic amines) is 1. The van der Waals surface area contributed by atoms with E-state index in [1.807, 2.05) is 41.6 Å². The number of aryl methyl sites for hydroxylation is 1. The van der Waals surface area contributed by atoms with Crippen LogP contribution < -0.4 is 10.2 Å². The number of benzene rings is 2. The molecule has 2 amide bonds. The van der Waals surface area contributed by atoms with Crippen molar-refractivity contribution in [2.45, 2.75) is 44.6 Å². The fourth-order valence-electron chi connectivity index (χ4n) is 6.55. The molecule has 2 fully saturated rings. The monoisotopic (exact) mass is 528 g/mol. The van der Waals surface area contributed by atoms with E-state index in [1.165, 1.54) is 5.69 Å². The van der Waals surface area contributed by atoms with Crippen LogP contribution in [0.15, 0.2) is 67.0 Å². The molecule has 0 bridgehead atoms. The number of nitrogens with zero attached hydrogens (tertiary/aromatic N) is 3. The standard InChI is InChI=1S/C31H33ClN4O2/c32-26-7-2-1-5-24(26)29(37)34-27-9-8-22-4-3-6-25(28(22)27)30(38)36-20-14-31(15-21-36)12-18-35(19-13-31)23-10-16-33-17-11-23/h1-7,10-11,16-17,27H,8-9,12-15,18-21H2,(H,34,37). The van der Waals surface area contributed by atoms with Crippen molar-refractivity contribution in [3.8, 4) is 0 Å². The van der Waals surface area contributed by atoms with Crippen LogP contribution in [0.3, 0.4) is 0 Å². The minimum atomic E-state index is -0.200. The highest BCUT2D eigenvalue weighted by atomic mass is 35.5. The van der Waals surface area contributed by atoms with E-state index in [-0.39, 0.29) is 17.9 Å². The third-order valence-corrected chi connectivity index (χ3v) is 9.19. The summed E-state index contributed by atoms with van der Waals surface area (Å²) in [6, 6.07) is 17.0. The Morgan fingerprint density at radius 3 is 2.29 bits per heavy atom. The van der Waals surface area contributed by atoms with Crippen LogP contribution in [0.5, 0.6) is 0 Å². The average molecular weight is 529 g/mol. The topological polar surface area (TPSA) is 65.5 Å². The number of anilines is 1. The number of piperidine rings is 2. The summed E-state index contributed by atoms with van der Waals surface area (Å²) in [6.45, 7) is 3.68. The maximum Gasteiger partial charge on any atom is 0.254 e. The summed E-state index contributed by atoms with van der Waals surface area (Å²) in [4.78, 5) is 35.4. The second kappa shape index (κ2) is 10.4. The molecule has 6 nitrogen and oxygen atoms in total. The molecular weight excluding hydrogens is 496 g/mol. The summed E-state index contributed by atoms with van der Waals surface area (Å²) in [5, 5.41) is 3.58. The van der Waals surface area contributed by atoms with Gasteiger partial charge in [0.1, 0.15) is 0 Å². The molecule has 1 spiro atoms. The van der Waals surface area contributed by atoms with Crippen molar-refractivity contribution in [2.75, 3.05) is 31.1 Å². The number of hydrogen-bond acceptors (Lipinski definition) is 4. The van der Waals surface area contributed by atoms with Gasteiger partial charge in [0.05, 0.1) is 16.6 Å². The highest BCUT2D eigenvalue weighted by molar-refractivity contribution is 6.33. The first-order valence-electron chi connectivity index (χ1n) is 13.6. The molecule has 1 aromatic heterocycles. The highest BCUT2D eigenvalue weighted by Gasteiger charge is 2.39. The van der Waals surface area contributed by atoms with Crippen LogP contribution in [0.1, 0.15) is 70.0 Å². The van der Waals surface area contributed by atoms with Gasteiger partial charge in [0.2, 0.25) is 0 Å². The predicted molar refractivity (Wildman–Crippen MR) is 150 cm³/mol. The van der Waals surface area contributed by atoms with E-state index >= 15 is 0 Å². The number of pyridine rings is 1. The van der Waals surface area contributed by atoms with Crippen LogP contribution in [-0.2, 0) is 6.42 Å². The zero-order chi connectivity index (χ0) is 26.1. The van der Waals surface area contributed by atoms with Gasteiger partial charge in [0, 0.05) is 49.8 Å². The molecule has 7 heteroatoms. The number of hydrogen-bond donors (Lipinski definition) is 1. The van der Waals surface area contributed by atoms with Gasteiger partial charge in [0.15, 0.2) is 0 Å². The van der Waals surface area contributed by atoms with Crippen molar-refractivity contribution in [2.24, 2.45) is 5.41 Å². The van der Waals surface area contributed by atoms with Gasteiger partial charge < -0.3 is 15.1 Å². The van der Waals surface area contributed by atoms with Crippen LogP contribution in [-0.4, -0.2) is 47.9 Å². The van der Waals surface area contributed by atoms with Crippen LogP contribution in [0, 0.1) is 5.41 Å². The van der Waals surface area contributed by atoms with Gasteiger partial charge in [-0.25, -0.2) is 0 Å². The molecule has 1 atom stereocenters. The zero-order valence-electron chi connectivity index (χ0n) is 21.5. The minimum absolute atomic E-state index is 0.0878. The Morgan fingerprint density at radius 2 is 1.55 bits per heavy atom. The lowest BCUT2D eigenvalue weighted by Gasteiger charge is -2.47. The first-order valence-corrected chi connectivity index (χ1v) is 14.0. The van der Waals surface area contributed by atoms with E-state index in [0.717, 1.165) is 81.4 Å². The molecule has 0 radical (unpaired) electrons. The number of fused-ring (bicyclic) bond motifs is 1. The van der Waals surface area contributed by atoms with Crippen LogP contribution >= 0.6 is 11.6 Å². The molecule has 6 rings (SSSR count). The number of rotatable bonds is 4. The maximum absolute atomic E-state index is 13.8. The largest absolute Gasteiger partial charge is 0.371 e. The van der Waals surface area contributed by atoms with Crippen molar-refractivity contribution in [3.05, 3.63) is 94.3 Å². The van der Waals surface area contributed by atoms with E-state index in [0.29, 0.717) is 16.0 Å². The van der Waals surface area contributed by atoms with Crippen molar-refractivity contribution in [1.29, 1.82) is 0 Å². The third-order valence-electron chi connectivity index (χ3n) is 8.86. The van der Waals surface area contributed by atoms with E-state index in [2.05, 4.69) is 33.4 Å². The van der Waals surface area contributed by atoms with Crippen molar-refractivity contribution in [3.63, 3.8) is 0 Å². The Kier molecular flexibility index (Phi) is 6.83. The second-order valence-electron chi connectivity index (χ2n) is 10.9. The molecule has 3 aromatic rings. The van der Waals surface area contributed by atoms with E-state index in [1.54, 1.807) is 12.1 Å². The molecular formula is C31H33ClN4O2. The first kappa shape index (κ1) is 24.9. The van der Waals surface area contributed by atoms with Gasteiger partial charge in [-0.05, 0) is 85.4 Å². The zero-order valence-corrected chi connectivity index (χ0v) is 22.3. The minimum Gasteiger partial charge on any atom is -0.371 e. The summed E-state index contributed by atoms with van der Waals surface area (Å²) >= 11 is 6.26. The molecule has 38 heavy (non-hydrogen) atoms. The first-order chi connectivity index (χ1) is 18.5. The fraction of sp³-hybridized carbons (Fsp3) is 0.387. The number of carbonyl (C=O) groups excluding carboxylic acids is 2. The lowest BCUT2D eigenvalue weighted by Crippen LogP contribution is -2.48. The van der Waals surface area contributed by atoms with Crippen LogP contribution in [0.2, 0.25) is 5.02 Å². The Bertz CT molecular complexity index is 1330. The third kappa shape index (κ3) is 4.78. The molecule has 1 aliphatic carbocycles. The number of aromatic nitrogens is 1. The molecule has 0 saturated carbocycles. The summed E-state index contributed by atoms with van der Waals surface area (Å²) < 4.78 is 0. The average Bonchev–Trinajstić information content (AvgIpc) is 3.37. The van der Waals surface area contributed by atoms with Gasteiger partial charge in [0.25, 0.3) is 11.8 Å². The summed E-state index contributed by atoms with van der Waals surface area (Å²) in [6.07, 6.45) is 9.76. The molecule has 3 heterocycles. The van der Waals surface area contributed by atoms with Gasteiger partial charge in [-0.1, -0.05) is 35.9 Å². The smallest absolute Gasteiger partial charge is 0.254 e. The molecule has 1 N–H and O–H groups in total. The Morgan fingerprint density at radius 1 is 0.868 bits per heavy atom. The van der Waals surface area contributed by atoms with Gasteiger partial charge in [-0.2, -0.15) is 0 Å². The number of halogens is 1. The number of amides is 2. The lowest BCUT2D eigenvalue weighted by molar-refractivity contribution is 0.0513. The van der Waals surface area contributed by atoms with Gasteiger partial charge in [-0.3, -0.25) is 14.6 Å². The van der Waals surface area contributed by atoms with E-state index < -0.39 is 0 Å². The van der Waals surface area contributed by atoms with Crippen LogP contribution in [0.25, 0.3) is 0 Å². The Balaban J connectivity index is 1.12. The quantitative estimate of drug-likeness (QED) is 0.473. The van der Waals surface area contributed by atoms with Crippen molar-refractivity contribution < 1.29 is 9.59 Å². The predicted octanol–water partition coefficient (Wildman–Crippen LogP) is 5.68. The van der Waals surface area contributed by atoms with Crippen molar-refractivity contribution in [1.82, 2.24) is 15.2 Å². The van der Waals surface area contributed by atoms with Crippen molar-refractivity contribution >= 4 is 29.1 Å². The fourth-order valence-corrected chi connectivity index (χ4v) is 6.77. The summed E-state index contributed by atoms with van der Waals surface area (Å²) in [5.74, 6) is -0.112. The maximum atomic E-state index is 13.8. The van der Waals surface area contributed by atoms with Gasteiger partial charge in [-0.15, -0.1) is 0 Å². The normalized spacial score (nSPS) is 20.3. The second-order valence-corrected chi connectivity index (χ2v) is 11.3. The molecule has 196 valence electrons. The Hall–Kier alpha value is -3.38. The molecule has 2 saturated heterocycles. The molecule has 2 aromatic carbocycles. The SMILES string of the molecule is O=C(NC1CCc2cccc(C(=O)N3CCC4(CC3)CCN(c3ccncc3)CC4)c21)c1ccccc1Cl. The van der Waals surface area contributed by atoms with Crippen LogP contribution in [0.4, 0.5) is 5.69 Å². The number of carbonyl (C=O) groups is 2. The summed E-state index contributed by atoms with van der Waals surface area (Å²) in [5.41, 5.74) is 4.89. The summed E-state index contributed by atoms with van der Waals surface area (Å²) in [7, 11) is 0. The van der Waals surface area contributed by atoms with Gasteiger partial charge >= 0.3 is 0 Å². The lowest BCUT2D eigenvalue weighted by atomic mass is 9.71. The van der Waals surface area contributed by atoms with E-state index in [9.17, 15) is 9.59 Å². The molecule has 1 unspecified atom stereocenters. The molecule has 2 aliphatic heterocycles. The van der Waals surface area contributed by atoms with E-state index in [4.69, 9.17) is 11.6 Å². The number of nitrogens with one attached hydrogen (secondary N) is 1. The Labute approximate surface area is 229 Å².